The fourth-order valence-electron chi connectivity index (χ4n) is 2.91. The second kappa shape index (κ2) is 8.67. The largest absolute Gasteiger partial charge is 0.338 e. The standard InChI is InChI=1S/C19H23N3O2S/c23-18-8-1-2-11-22(18)16-6-3-5-15(13-16)14-21-19(24)20-10-9-17-7-4-12-25-17/h3-7,12-13H,1-2,8-11,14H2,(H2,20,21,24). The first kappa shape index (κ1) is 17.5. The summed E-state index contributed by atoms with van der Waals surface area (Å²) in [5, 5.41) is 7.78. The fraction of sp³-hybridized carbons (Fsp3) is 0.368. The molecule has 25 heavy (non-hydrogen) atoms. The number of nitrogens with zero attached hydrogens (tertiary/aromatic N) is 1. The van der Waals surface area contributed by atoms with Crippen molar-refractivity contribution in [2.75, 3.05) is 18.0 Å². The maximum Gasteiger partial charge on any atom is 0.315 e. The number of benzene rings is 1. The molecule has 5 nitrogen and oxygen atoms in total. The van der Waals surface area contributed by atoms with Crippen LogP contribution in [0.4, 0.5) is 10.5 Å². The number of hydrogen-bond acceptors (Lipinski definition) is 3. The summed E-state index contributed by atoms with van der Waals surface area (Å²) in [5.41, 5.74) is 1.91. The third-order valence-electron chi connectivity index (χ3n) is 4.24. The Morgan fingerprint density at radius 1 is 1.16 bits per heavy atom. The zero-order chi connectivity index (χ0) is 17.5. The molecule has 0 radical (unpaired) electrons. The minimum atomic E-state index is -0.170. The van der Waals surface area contributed by atoms with Crippen molar-refractivity contribution in [1.82, 2.24) is 10.6 Å². The maximum absolute atomic E-state index is 12.0. The molecule has 1 saturated heterocycles. The van der Waals surface area contributed by atoms with Crippen molar-refractivity contribution >= 4 is 29.0 Å². The van der Waals surface area contributed by atoms with E-state index in [0.717, 1.165) is 37.1 Å². The molecule has 2 N–H and O–H groups in total. The number of rotatable bonds is 6. The van der Waals surface area contributed by atoms with Gasteiger partial charge >= 0.3 is 6.03 Å². The summed E-state index contributed by atoms with van der Waals surface area (Å²) in [5.74, 6) is 0.183. The van der Waals surface area contributed by atoms with Crippen LogP contribution < -0.4 is 15.5 Å². The Morgan fingerprint density at radius 2 is 2.08 bits per heavy atom. The lowest BCUT2D eigenvalue weighted by molar-refractivity contribution is -0.119. The zero-order valence-electron chi connectivity index (χ0n) is 14.2. The van der Waals surface area contributed by atoms with Crippen molar-refractivity contribution in [1.29, 1.82) is 0 Å². The van der Waals surface area contributed by atoms with E-state index in [1.165, 1.54) is 4.88 Å². The van der Waals surface area contributed by atoms with Crippen molar-refractivity contribution in [3.8, 4) is 0 Å². The summed E-state index contributed by atoms with van der Waals surface area (Å²) in [6.45, 7) is 1.84. The molecule has 0 aliphatic carbocycles. The van der Waals surface area contributed by atoms with Crippen LogP contribution in [0, 0.1) is 0 Å². The second-order valence-corrected chi connectivity index (χ2v) is 7.14. The molecule has 1 aromatic carbocycles. The van der Waals surface area contributed by atoms with Crippen LogP contribution in [0.15, 0.2) is 41.8 Å². The molecule has 2 aromatic rings. The van der Waals surface area contributed by atoms with Crippen LogP contribution in [-0.4, -0.2) is 25.0 Å². The van der Waals surface area contributed by atoms with E-state index in [2.05, 4.69) is 16.7 Å². The third-order valence-corrected chi connectivity index (χ3v) is 5.17. The molecule has 1 aliphatic rings. The monoisotopic (exact) mass is 357 g/mol. The van der Waals surface area contributed by atoms with Crippen LogP contribution in [0.2, 0.25) is 0 Å². The van der Waals surface area contributed by atoms with Crippen LogP contribution >= 0.6 is 11.3 Å². The lowest BCUT2D eigenvalue weighted by atomic mass is 10.1. The normalized spacial score (nSPS) is 14.4. The van der Waals surface area contributed by atoms with Gasteiger partial charge in [0, 0.05) is 36.6 Å². The minimum Gasteiger partial charge on any atom is -0.338 e. The Morgan fingerprint density at radius 3 is 2.88 bits per heavy atom. The van der Waals surface area contributed by atoms with Gasteiger partial charge in [-0.3, -0.25) is 4.79 Å². The Balaban J connectivity index is 1.47. The molecule has 1 fully saturated rings. The molecule has 1 aliphatic heterocycles. The molecule has 3 amide bonds. The van der Waals surface area contributed by atoms with E-state index in [0.29, 0.717) is 19.5 Å². The lowest BCUT2D eigenvalue weighted by Gasteiger charge is -2.27. The van der Waals surface area contributed by atoms with Gasteiger partial charge in [-0.1, -0.05) is 18.2 Å². The summed E-state index contributed by atoms with van der Waals surface area (Å²) < 4.78 is 0. The highest BCUT2D eigenvalue weighted by molar-refractivity contribution is 7.09. The molecular weight excluding hydrogens is 334 g/mol. The second-order valence-electron chi connectivity index (χ2n) is 6.11. The number of carbonyl (C=O) groups excluding carboxylic acids is 2. The Bertz CT molecular complexity index is 715. The SMILES string of the molecule is O=C(NCCc1cccs1)NCc1cccc(N2CCCCC2=O)c1. The number of amides is 3. The number of piperidine rings is 1. The van der Waals surface area contributed by atoms with Gasteiger partial charge in [-0.25, -0.2) is 4.79 Å². The molecule has 0 spiro atoms. The molecule has 3 rings (SSSR count). The van der Waals surface area contributed by atoms with E-state index in [4.69, 9.17) is 0 Å². The van der Waals surface area contributed by atoms with Gasteiger partial charge in [0.05, 0.1) is 0 Å². The fourth-order valence-corrected chi connectivity index (χ4v) is 3.62. The van der Waals surface area contributed by atoms with Gasteiger partial charge in [-0.2, -0.15) is 0 Å². The van der Waals surface area contributed by atoms with Crippen LogP contribution in [0.5, 0.6) is 0 Å². The highest BCUT2D eigenvalue weighted by Gasteiger charge is 2.19. The number of carbonyl (C=O) groups is 2. The van der Waals surface area contributed by atoms with Crippen LogP contribution in [0.3, 0.4) is 0 Å². The van der Waals surface area contributed by atoms with Gasteiger partial charge in [0.2, 0.25) is 5.91 Å². The first-order chi connectivity index (χ1) is 12.2. The van der Waals surface area contributed by atoms with Crippen LogP contribution in [-0.2, 0) is 17.8 Å². The van der Waals surface area contributed by atoms with Gasteiger partial charge in [0.1, 0.15) is 0 Å². The van der Waals surface area contributed by atoms with E-state index in [-0.39, 0.29) is 11.9 Å². The highest BCUT2D eigenvalue weighted by Crippen LogP contribution is 2.21. The smallest absolute Gasteiger partial charge is 0.315 e. The minimum absolute atomic E-state index is 0.170. The van der Waals surface area contributed by atoms with Crippen molar-refractivity contribution in [2.24, 2.45) is 0 Å². The van der Waals surface area contributed by atoms with Crippen molar-refractivity contribution in [3.05, 3.63) is 52.2 Å². The molecule has 2 heterocycles. The van der Waals surface area contributed by atoms with Gasteiger partial charge in [0.25, 0.3) is 0 Å². The van der Waals surface area contributed by atoms with Gasteiger partial charge < -0.3 is 15.5 Å². The topological polar surface area (TPSA) is 61.4 Å². The molecule has 6 heteroatoms. The van der Waals surface area contributed by atoms with E-state index < -0.39 is 0 Å². The molecule has 0 atom stereocenters. The number of nitrogens with one attached hydrogen (secondary N) is 2. The molecule has 0 saturated carbocycles. The summed E-state index contributed by atoms with van der Waals surface area (Å²) in [7, 11) is 0. The lowest BCUT2D eigenvalue weighted by Crippen LogP contribution is -2.36. The van der Waals surface area contributed by atoms with E-state index in [1.807, 2.05) is 40.6 Å². The predicted octanol–water partition coefficient (Wildman–Crippen LogP) is 3.31. The van der Waals surface area contributed by atoms with Gasteiger partial charge in [0.15, 0.2) is 0 Å². The summed E-state index contributed by atoms with van der Waals surface area (Å²) in [4.78, 5) is 27.0. The van der Waals surface area contributed by atoms with Crippen molar-refractivity contribution < 1.29 is 9.59 Å². The number of anilines is 1. The first-order valence-electron chi connectivity index (χ1n) is 8.66. The van der Waals surface area contributed by atoms with E-state index >= 15 is 0 Å². The van der Waals surface area contributed by atoms with Crippen LogP contribution in [0.25, 0.3) is 0 Å². The Kier molecular flexibility index (Phi) is 6.06. The molecule has 132 valence electrons. The highest BCUT2D eigenvalue weighted by atomic mass is 32.1. The summed E-state index contributed by atoms with van der Waals surface area (Å²) >= 11 is 1.70. The van der Waals surface area contributed by atoms with E-state index in [1.54, 1.807) is 11.3 Å². The molecule has 0 bridgehead atoms. The number of thiophene rings is 1. The molecule has 1 aromatic heterocycles. The Labute approximate surface area is 152 Å². The zero-order valence-corrected chi connectivity index (χ0v) is 15.0. The average molecular weight is 357 g/mol. The average Bonchev–Trinajstić information content (AvgIpc) is 3.14. The molecule has 0 unspecified atom stereocenters. The summed E-state index contributed by atoms with van der Waals surface area (Å²) in [6.07, 6.45) is 3.48. The maximum atomic E-state index is 12.0. The van der Waals surface area contributed by atoms with Gasteiger partial charge in [-0.05, 0) is 48.4 Å². The van der Waals surface area contributed by atoms with Crippen molar-refractivity contribution in [2.45, 2.75) is 32.2 Å². The third kappa shape index (κ3) is 5.06. The number of urea groups is 1. The molecular formula is C19H23N3O2S. The quantitative estimate of drug-likeness (QED) is 0.833. The van der Waals surface area contributed by atoms with Crippen molar-refractivity contribution in [3.63, 3.8) is 0 Å². The first-order valence-corrected chi connectivity index (χ1v) is 9.54. The van der Waals surface area contributed by atoms with Gasteiger partial charge in [-0.15, -0.1) is 11.3 Å². The summed E-state index contributed by atoms with van der Waals surface area (Å²) in [6, 6.07) is 11.7. The van der Waals surface area contributed by atoms with E-state index in [9.17, 15) is 9.59 Å². The van der Waals surface area contributed by atoms with Crippen LogP contribution in [0.1, 0.15) is 29.7 Å². The number of hydrogen-bond donors (Lipinski definition) is 2. The Hall–Kier alpha value is -2.34. The predicted molar refractivity (Wildman–Crippen MR) is 101 cm³/mol.